The lowest BCUT2D eigenvalue weighted by Crippen LogP contribution is -2.40. The molecule has 5 nitrogen and oxygen atoms in total. The number of nitrogen functional groups attached to an aromatic ring is 1. The van der Waals surface area contributed by atoms with Crippen LogP contribution in [0.4, 0.5) is 11.4 Å². The van der Waals surface area contributed by atoms with Crippen LogP contribution in [0.1, 0.15) is 25.8 Å². The molecule has 0 bridgehead atoms. The van der Waals surface area contributed by atoms with Crippen molar-refractivity contribution in [1.82, 2.24) is 9.88 Å². The van der Waals surface area contributed by atoms with Crippen molar-refractivity contribution in [2.45, 2.75) is 32.9 Å². The number of hydrogen-bond acceptors (Lipinski definition) is 3. The highest BCUT2D eigenvalue weighted by Crippen LogP contribution is 2.22. The predicted molar refractivity (Wildman–Crippen MR) is 120 cm³/mol. The lowest BCUT2D eigenvalue weighted by atomic mass is 10.0. The van der Waals surface area contributed by atoms with Gasteiger partial charge in [-0.05, 0) is 60.4 Å². The average Bonchev–Trinajstić information content (AvgIpc) is 3.21. The van der Waals surface area contributed by atoms with Crippen LogP contribution in [0, 0.1) is 5.92 Å². The van der Waals surface area contributed by atoms with Gasteiger partial charge in [0.25, 0.3) is 0 Å². The van der Waals surface area contributed by atoms with Crippen molar-refractivity contribution in [3.05, 3.63) is 77.6 Å². The summed E-state index contributed by atoms with van der Waals surface area (Å²) in [4.78, 5) is 12.9. The number of nitrogens with two attached hydrogens (primary N) is 1. The number of nitrogens with one attached hydrogen (secondary N) is 2. The van der Waals surface area contributed by atoms with E-state index in [1.807, 2.05) is 71.6 Å². The molecule has 1 atom stereocenters. The molecule has 0 radical (unpaired) electrons. The molecule has 1 unspecified atom stereocenters. The van der Waals surface area contributed by atoms with Gasteiger partial charge in [0.2, 0.25) is 5.91 Å². The maximum atomic E-state index is 12.9. The first-order valence-electron chi connectivity index (χ1n) is 9.73. The van der Waals surface area contributed by atoms with Crippen molar-refractivity contribution in [1.29, 1.82) is 0 Å². The van der Waals surface area contributed by atoms with Gasteiger partial charge in [-0.25, -0.2) is 0 Å². The number of rotatable bonds is 8. The van der Waals surface area contributed by atoms with Crippen LogP contribution in [0.5, 0.6) is 0 Å². The molecule has 29 heavy (non-hydrogen) atoms. The summed E-state index contributed by atoms with van der Waals surface area (Å²) in [6.07, 6.45) is 4.63. The third-order valence-corrected chi connectivity index (χ3v) is 4.84. The maximum absolute atomic E-state index is 12.9. The van der Waals surface area contributed by atoms with E-state index in [0.717, 1.165) is 16.9 Å². The molecule has 152 valence electrons. The standard InChI is InChI=1S/C23H27ClN4O/c1-16(2)11-22(23(29)26-15-17-5-7-18(24)8-6-17)27-20-12-19(25)13-21(14-20)28-9-3-4-10-28/h3-10,12-14,16,22,27H,11,15,25H2,1-2H3,(H,26,29). The smallest absolute Gasteiger partial charge is 0.242 e. The van der Waals surface area contributed by atoms with Crippen LogP contribution >= 0.6 is 11.6 Å². The minimum Gasteiger partial charge on any atom is -0.399 e. The van der Waals surface area contributed by atoms with Crippen molar-refractivity contribution in [2.75, 3.05) is 11.1 Å². The van der Waals surface area contributed by atoms with E-state index < -0.39 is 0 Å². The van der Waals surface area contributed by atoms with Crippen molar-refractivity contribution >= 4 is 28.9 Å². The first kappa shape index (κ1) is 20.8. The molecule has 1 heterocycles. The number of carbonyl (C=O) groups is 1. The Morgan fingerprint density at radius 2 is 1.79 bits per heavy atom. The Hall–Kier alpha value is -2.92. The van der Waals surface area contributed by atoms with Gasteiger partial charge in [-0.3, -0.25) is 4.79 Å². The zero-order chi connectivity index (χ0) is 20.8. The minimum absolute atomic E-state index is 0.0430. The number of benzene rings is 2. The van der Waals surface area contributed by atoms with E-state index in [1.54, 1.807) is 0 Å². The fourth-order valence-corrected chi connectivity index (χ4v) is 3.32. The van der Waals surface area contributed by atoms with Crippen LogP contribution in [-0.2, 0) is 11.3 Å². The molecule has 0 aliphatic rings. The Balaban J connectivity index is 1.73. The van der Waals surface area contributed by atoms with Gasteiger partial charge >= 0.3 is 0 Å². The molecule has 0 saturated carbocycles. The van der Waals surface area contributed by atoms with Gasteiger partial charge in [0.15, 0.2) is 0 Å². The summed E-state index contributed by atoms with van der Waals surface area (Å²) >= 11 is 5.93. The summed E-state index contributed by atoms with van der Waals surface area (Å²) in [5.74, 6) is 0.317. The van der Waals surface area contributed by atoms with Crippen LogP contribution in [0.2, 0.25) is 5.02 Å². The second kappa shape index (κ2) is 9.52. The number of anilines is 2. The number of aromatic nitrogens is 1. The number of carbonyl (C=O) groups excluding carboxylic acids is 1. The summed E-state index contributed by atoms with van der Waals surface area (Å²) in [5, 5.41) is 7.07. The Morgan fingerprint density at radius 1 is 1.10 bits per heavy atom. The van der Waals surface area contributed by atoms with Crippen molar-refractivity contribution in [2.24, 2.45) is 5.92 Å². The maximum Gasteiger partial charge on any atom is 0.242 e. The zero-order valence-electron chi connectivity index (χ0n) is 16.7. The molecule has 3 rings (SSSR count). The van der Waals surface area contributed by atoms with Gasteiger partial charge in [0.05, 0.1) is 0 Å². The molecule has 1 aromatic heterocycles. The molecule has 6 heteroatoms. The largest absolute Gasteiger partial charge is 0.399 e. The fourth-order valence-electron chi connectivity index (χ4n) is 3.19. The molecule has 0 spiro atoms. The van der Waals surface area contributed by atoms with E-state index >= 15 is 0 Å². The second-order valence-corrected chi connectivity index (χ2v) is 8.01. The molecular weight excluding hydrogens is 384 g/mol. The zero-order valence-corrected chi connectivity index (χ0v) is 17.5. The molecule has 0 saturated heterocycles. The Bertz CT molecular complexity index is 936. The normalized spacial score (nSPS) is 12.0. The quantitative estimate of drug-likeness (QED) is 0.464. The summed E-state index contributed by atoms with van der Waals surface area (Å²) in [6.45, 7) is 4.66. The van der Waals surface area contributed by atoms with E-state index in [-0.39, 0.29) is 11.9 Å². The summed E-state index contributed by atoms with van der Waals surface area (Å²) < 4.78 is 1.99. The molecule has 0 aliphatic carbocycles. The molecular formula is C23H27ClN4O. The van der Waals surface area contributed by atoms with E-state index in [1.165, 1.54) is 0 Å². The van der Waals surface area contributed by atoms with Gasteiger partial charge in [0, 0.05) is 41.0 Å². The molecule has 2 aromatic carbocycles. The van der Waals surface area contributed by atoms with Gasteiger partial charge < -0.3 is 20.9 Å². The third-order valence-electron chi connectivity index (χ3n) is 4.59. The summed E-state index contributed by atoms with van der Waals surface area (Å²) in [5.41, 5.74) is 9.51. The number of amides is 1. The monoisotopic (exact) mass is 410 g/mol. The van der Waals surface area contributed by atoms with Gasteiger partial charge in [-0.2, -0.15) is 0 Å². The SMILES string of the molecule is CC(C)CC(Nc1cc(N)cc(-n2cccc2)c1)C(=O)NCc1ccc(Cl)cc1. The van der Waals surface area contributed by atoms with Crippen molar-refractivity contribution in [3.63, 3.8) is 0 Å². The summed E-state index contributed by atoms with van der Waals surface area (Å²) in [7, 11) is 0. The predicted octanol–water partition coefficient (Wildman–Crippen LogP) is 4.86. The highest BCUT2D eigenvalue weighted by atomic mass is 35.5. The van der Waals surface area contributed by atoms with Crippen LogP contribution in [0.3, 0.4) is 0 Å². The number of halogens is 1. The first-order valence-corrected chi connectivity index (χ1v) is 10.1. The highest BCUT2D eigenvalue weighted by Gasteiger charge is 2.20. The Morgan fingerprint density at radius 3 is 2.45 bits per heavy atom. The first-order chi connectivity index (χ1) is 13.9. The van der Waals surface area contributed by atoms with Crippen LogP contribution in [0.25, 0.3) is 5.69 Å². The second-order valence-electron chi connectivity index (χ2n) is 7.57. The molecule has 0 aliphatic heterocycles. The lowest BCUT2D eigenvalue weighted by Gasteiger charge is -2.22. The van der Waals surface area contributed by atoms with E-state index in [0.29, 0.717) is 29.6 Å². The van der Waals surface area contributed by atoms with E-state index in [9.17, 15) is 4.79 Å². The van der Waals surface area contributed by atoms with Gasteiger partial charge in [0.1, 0.15) is 6.04 Å². The van der Waals surface area contributed by atoms with Gasteiger partial charge in [-0.1, -0.05) is 37.6 Å². The highest BCUT2D eigenvalue weighted by molar-refractivity contribution is 6.30. The summed E-state index contributed by atoms with van der Waals surface area (Å²) in [6, 6.07) is 16.8. The molecule has 3 aromatic rings. The number of nitrogens with zero attached hydrogens (tertiary/aromatic N) is 1. The third kappa shape index (κ3) is 6.03. The van der Waals surface area contributed by atoms with E-state index in [4.69, 9.17) is 17.3 Å². The van der Waals surface area contributed by atoms with Crippen LogP contribution in [0.15, 0.2) is 67.0 Å². The minimum atomic E-state index is -0.360. The van der Waals surface area contributed by atoms with Crippen LogP contribution in [-0.4, -0.2) is 16.5 Å². The molecule has 1 amide bonds. The number of hydrogen-bond donors (Lipinski definition) is 3. The average molecular weight is 411 g/mol. The Labute approximate surface area is 176 Å². The molecule has 0 fully saturated rings. The van der Waals surface area contributed by atoms with E-state index in [2.05, 4.69) is 24.5 Å². The fraction of sp³-hybridized carbons (Fsp3) is 0.261. The lowest BCUT2D eigenvalue weighted by molar-refractivity contribution is -0.122. The topological polar surface area (TPSA) is 72.1 Å². The van der Waals surface area contributed by atoms with Crippen molar-refractivity contribution < 1.29 is 4.79 Å². The Kier molecular flexibility index (Phi) is 6.83. The van der Waals surface area contributed by atoms with Gasteiger partial charge in [-0.15, -0.1) is 0 Å². The van der Waals surface area contributed by atoms with Crippen molar-refractivity contribution in [3.8, 4) is 5.69 Å². The molecule has 4 N–H and O–H groups in total. The van der Waals surface area contributed by atoms with Crippen LogP contribution < -0.4 is 16.4 Å².